The van der Waals surface area contributed by atoms with Gasteiger partial charge in [-0.15, -0.1) is 11.3 Å². The summed E-state index contributed by atoms with van der Waals surface area (Å²) in [6, 6.07) is 1.67. The molecular weight excluding hydrogens is 322 g/mol. The Kier molecular flexibility index (Phi) is 4.58. The van der Waals surface area contributed by atoms with E-state index in [-0.39, 0.29) is 23.1 Å². The number of fused-ring (bicyclic) bond motifs is 1. The number of pyridine rings is 1. The number of aryl methyl sites for hydroxylation is 4. The van der Waals surface area contributed by atoms with Crippen LogP contribution in [-0.2, 0) is 19.9 Å². The fourth-order valence-electron chi connectivity index (χ4n) is 3.14. The van der Waals surface area contributed by atoms with E-state index >= 15 is 0 Å². The molecule has 1 aliphatic carbocycles. The molecule has 3 rings (SSSR count). The third-order valence-electron chi connectivity index (χ3n) is 4.67. The average molecular weight is 345 g/mol. The van der Waals surface area contributed by atoms with E-state index in [9.17, 15) is 9.59 Å². The van der Waals surface area contributed by atoms with Gasteiger partial charge in [0.05, 0.1) is 11.7 Å². The zero-order valence-electron chi connectivity index (χ0n) is 14.6. The fraction of sp³-hybridized carbons (Fsp3) is 0.500. The van der Waals surface area contributed by atoms with Gasteiger partial charge in [-0.1, -0.05) is 0 Å². The second kappa shape index (κ2) is 6.51. The van der Waals surface area contributed by atoms with Gasteiger partial charge in [-0.2, -0.15) is 0 Å². The van der Waals surface area contributed by atoms with Crippen molar-refractivity contribution in [3.63, 3.8) is 0 Å². The van der Waals surface area contributed by atoms with Gasteiger partial charge in [0.1, 0.15) is 10.6 Å². The second-order valence-corrected chi connectivity index (χ2v) is 7.65. The number of nitrogens with one attached hydrogen (secondary N) is 1. The number of carbonyl (C=O) groups excluding carboxylic acids is 1. The van der Waals surface area contributed by atoms with Crippen LogP contribution in [0.5, 0.6) is 0 Å². The zero-order valence-corrected chi connectivity index (χ0v) is 15.4. The summed E-state index contributed by atoms with van der Waals surface area (Å²) in [5.41, 5.74) is 2.70. The molecule has 6 heteroatoms. The van der Waals surface area contributed by atoms with Crippen molar-refractivity contribution >= 4 is 17.2 Å². The van der Waals surface area contributed by atoms with Crippen LogP contribution >= 0.6 is 11.3 Å². The largest absolute Gasteiger partial charge is 0.343 e. The van der Waals surface area contributed by atoms with Gasteiger partial charge in [-0.05, 0) is 58.1 Å². The van der Waals surface area contributed by atoms with Gasteiger partial charge in [0, 0.05) is 17.6 Å². The molecule has 24 heavy (non-hydrogen) atoms. The summed E-state index contributed by atoms with van der Waals surface area (Å²) in [7, 11) is 1.69. The molecule has 2 aromatic heterocycles. The molecule has 0 bridgehead atoms. The lowest BCUT2D eigenvalue weighted by Crippen LogP contribution is -2.35. The zero-order chi connectivity index (χ0) is 17.4. The molecule has 0 spiro atoms. The van der Waals surface area contributed by atoms with E-state index in [1.54, 1.807) is 25.3 Å². The number of nitrogens with zero attached hydrogens (tertiary/aromatic N) is 2. The summed E-state index contributed by atoms with van der Waals surface area (Å²) in [5.74, 6) is -0.325. The van der Waals surface area contributed by atoms with Gasteiger partial charge >= 0.3 is 0 Å². The SMILES string of the molecule is Cc1cc(C)n(C)c(=O)c1C(=O)NC(C)c1nc2c(s1)CCCC2. The molecule has 0 aliphatic heterocycles. The van der Waals surface area contributed by atoms with Gasteiger partial charge in [-0.3, -0.25) is 9.59 Å². The lowest BCUT2D eigenvalue weighted by atomic mass is 10.0. The average Bonchev–Trinajstić information content (AvgIpc) is 2.97. The molecule has 0 radical (unpaired) electrons. The predicted molar refractivity (Wildman–Crippen MR) is 95.8 cm³/mol. The summed E-state index contributed by atoms with van der Waals surface area (Å²) < 4.78 is 1.51. The number of hydrogen-bond acceptors (Lipinski definition) is 4. The third-order valence-corrected chi connectivity index (χ3v) is 6.01. The minimum Gasteiger partial charge on any atom is -0.343 e. The molecule has 1 N–H and O–H groups in total. The van der Waals surface area contributed by atoms with Crippen LogP contribution in [-0.4, -0.2) is 15.5 Å². The molecule has 1 unspecified atom stereocenters. The van der Waals surface area contributed by atoms with Crippen molar-refractivity contribution in [1.82, 2.24) is 14.9 Å². The first-order valence-corrected chi connectivity index (χ1v) is 9.16. The quantitative estimate of drug-likeness (QED) is 0.930. The maximum atomic E-state index is 12.6. The van der Waals surface area contributed by atoms with E-state index in [1.807, 2.05) is 19.9 Å². The smallest absolute Gasteiger partial charge is 0.263 e. The Balaban J connectivity index is 1.83. The Labute approximate surface area is 145 Å². The highest BCUT2D eigenvalue weighted by Crippen LogP contribution is 2.29. The Morgan fingerprint density at radius 1 is 1.33 bits per heavy atom. The topological polar surface area (TPSA) is 64.0 Å². The van der Waals surface area contributed by atoms with Gasteiger partial charge in [0.2, 0.25) is 0 Å². The lowest BCUT2D eigenvalue weighted by Gasteiger charge is -2.14. The van der Waals surface area contributed by atoms with Crippen LogP contribution in [0.4, 0.5) is 0 Å². The molecule has 1 aliphatic rings. The van der Waals surface area contributed by atoms with Crippen molar-refractivity contribution in [3.05, 3.63) is 48.8 Å². The molecular formula is C18H23N3O2S. The summed E-state index contributed by atoms with van der Waals surface area (Å²) >= 11 is 1.69. The van der Waals surface area contributed by atoms with Gasteiger partial charge in [0.25, 0.3) is 11.5 Å². The molecule has 2 heterocycles. The highest BCUT2D eigenvalue weighted by Gasteiger charge is 2.22. The van der Waals surface area contributed by atoms with Crippen LogP contribution < -0.4 is 10.9 Å². The van der Waals surface area contributed by atoms with E-state index in [0.717, 1.165) is 23.5 Å². The Bertz CT molecular complexity index is 827. The fourth-order valence-corrected chi connectivity index (χ4v) is 4.30. The Hall–Kier alpha value is -1.95. The number of thiazole rings is 1. The van der Waals surface area contributed by atoms with E-state index < -0.39 is 0 Å². The molecule has 0 saturated carbocycles. The highest BCUT2D eigenvalue weighted by atomic mass is 32.1. The highest BCUT2D eigenvalue weighted by molar-refractivity contribution is 7.11. The second-order valence-electron chi connectivity index (χ2n) is 6.53. The maximum Gasteiger partial charge on any atom is 0.263 e. The van der Waals surface area contributed by atoms with E-state index in [4.69, 9.17) is 4.98 Å². The van der Waals surface area contributed by atoms with Crippen LogP contribution in [0.2, 0.25) is 0 Å². The molecule has 0 fully saturated rings. The number of carbonyl (C=O) groups is 1. The molecule has 1 atom stereocenters. The lowest BCUT2D eigenvalue weighted by molar-refractivity contribution is 0.0937. The van der Waals surface area contributed by atoms with Crippen LogP contribution in [0.15, 0.2) is 10.9 Å². The maximum absolute atomic E-state index is 12.6. The van der Waals surface area contributed by atoms with Crippen LogP contribution in [0.1, 0.15) is 63.0 Å². The number of hydrogen-bond donors (Lipinski definition) is 1. The number of amides is 1. The minimum absolute atomic E-state index is 0.196. The molecule has 128 valence electrons. The van der Waals surface area contributed by atoms with E-state index in [1.165, 1.54) is 28.0 Å². The molecule has 2 aromatic rings. The van der Waals surface area contributed by atoms with Gasteiger partial charge < -0.3 is 9.88 Å². The molecule has 0 saturated heterocycles. The molecule has 5 nitrogen and oxygen atoms in total. The first kappa shape index (κ1) is 16.9. The first-order valence-electron chi connectivity index (χ1n) is 8.35. The monoisotopic (exact) mass is 345 g/mol. The summed E-state index contributed by atoms with van der Waals surface area (Å²) in [6.45, 7) is 5.59. The van der Waals surface area contributed by atoms with E-state index in [0.29, 0.717) is 5.56 Å². The standard InChI is InChI=1S/C18H23N3O2S/c1-10-9-11(2)21(4)18(23)15(10)16(22)19-12(3)17-20-13-7-5-6-8-14(13)24-17/h9,12H,5-8H2,1-4H3,(H,19,22). The third kappa shape index (κ3) is 3.02. The summed E-state index contributed by atoms with van der Waals surface area (Å²) in [4.78, 5) is 31.1. The van der Waals surface area contributed by atoms with Crippen LogP contribution in [0, 0.1) is 13.8 Å². The van der Waals surface area contributed by atoms with Gasteiger partial charge in [-0.25, -0.2) is 4.98 Å². The number of rotatable bonds is 3. The summed E-state index contributed by atoms with van der Waals surface area (Å²) in [5, 5.41) is 3.87. The predicted octanol–water partition coefficient (Wildman–Crippen LogP) is 2.83. The van der Waals surface area contributed by atoms with Crippen LogP contribution in [0.25, 0.3) is 0 Å². The van der Waals surface area contributed by atoms with Crippen molar-refractivity contribution in [2.75, 3.05) is 0 Å². The van der Waals surface area contributed by atoms with E-state index in [2.05, 4.69) is 5.32 Å². The van der Waals surface area contributed by atoms with Crippen molar-refractivity contribution in [1.29, 1.82) is 0 Å². The van der Waals surface area contributed by atoms with Crippen LogP contribution in [0.3, 0.4) is 0 Å². The van der Waals surface area contributed by atoms with Crippen molar-refractivity contribution in [3.8, 4) is 0 Å². The van der Waals surface area contributed by atoms with Crippen molar-refractivity contribution < 1.29 is 4.79 Å². The van der Waals surface area contributed by atoms with Crippen molar-refractivity contribution in [2.24, 2.45) is 7.05 Å². The summed E-state index contributed by atoms with van der Waals surface area (Å²) in [6.07, 6.45) is 4.53. The number of aromatic nitrogens is 2. The molecule has 1 amide bonds. The minimum atomic E-state index is -0.325. The van der Waals surface area contributed by atoms with Crippen molar-refractivity contribution in [2.45, 2.75) is 52.5 Å². The van der Waals surface area contributed by atoms with Gasteiger partial charge in [0.15, 0.2) is 0 Å². The first-order chi connectivity index (χ1) is 11.4. The Morgan fingerprint density at radius 3 is 2.75 bits per heavy atom. The normalized spacial score (nSPS) is 15.0. The Morgan fingerprint density at radius 2 is 2.04 bits per heavy atom. The molecule has 0 aromatic carbocycles.